The second-order valence-corrected chi connectivity index (χ2v) is 4.84. The predicted molar refractivity (Wildman–Crippen MR) is 60.8 cm³/mol. The number of likely N-dealkylation sites (tertiary alicyclic amines) is 1. The van der Waals surface area contributed by atoms with Gasteiger partial charge in [-0.15, -0.1) is 0 Å². The molecule has 1 saturated heterocycles. The number of aliphatic hydroxyl groups is 2. The van der Waals surface area contributed by atoms with E-state index in [9.17, 15) is 5.11 Å². The Bertz CT molecular complexity index is 168. The van der Waals surface area contributed by atoms with E-state index in [2.05, 4.69) is 23.9 Å². The van der Waals surface area contributed by atoms with Gasteiger partial charge < -0.3 is 20.0 Å². The first-order valence-corrected chi connectivity index (χ1v) is 5.78. The van der Waals surface area contributed by atoms with Crippen molar-refractivity contribution in [2.75, 3.05) is 46.9 Å². The number of β-amino-alcohol motifs (C(OH)–C–C–N with tert-alkyl or cyclic N) is 1. The van der Waals surface area contributed by atoms with Gasteiger partial charge in [0.1, 0.15) is 0 Å². The van der Waals surface area contributed by atoms with E-state index in [4.69, 9.17) is 5.11 Å². The maximum atomic E-state index is 9.32. The minimum atomic E-state index is -0.574. The first-order valence-electron chi connectivity index (χ1n) is 5.78. The van der Waals surface area contributed by atoms with Gasteiger partial charge in [0, 0.05) is 13.1 Å². The zero-order chi connectivity index (χ0) is 11.3. The summed E-state index contributed by atoms with van der Waals surface area (Å²) >= 11 is 0. The van der Waals surface area contributed by atoms with Crippen LogP contribution in [0.25, 0.3) is 0 Å². The van der Waals surface area contributed by atoms with E-state index in [0.717, 1.165) is 25.6 Å². The number of nitrogens with zero attached hydrogens (tertiary/aromatic N) is 2. The summed E-state index contributed by atoms with van der Waals surface area (Å²) in [6.07, 6.45) is 1.84. The van der Waals surface area contributed by atoms with E-state index in [1.54, 1.807) is 0 Å². The van der Waals surface area contributed by atoms with Gasteiger partial charge in [0.2, 0.25) is 0 Å². The lowest BCUT2D eigenvalue weighted by molar-refractivity contribution is 0.0455. The highest BCUT2D eigenvalue weighted by Gasteiger charge is 2.20. The molecule has 0 aliphatic carbocycles. The Kier molecular flexibility index (Phi) is 5.53. The van der Waals surface area contributed by atoms with Gasteiger partial charge in [0.05, 0.1) is 12.7 Å². The second kappa shape index (κ2) is 6.43. The quantitative estimate of drug-likeness (QED) is 0.657. The zero-order valence-electron chi connectivity index (χ0n) is 9.89. The molecule has 1 heterocycles. The van der Waals surface area contributed by atoms with Crippen molar-refractivity contribution in [3.8, 4) is 0 Å². The van der Waals surface area contributed by atoms with Gasteiger partial charge in [0.25, 0.3) is 0 Å². The molecule has 0 saturated carbocycles. The van der Waals surface area contributed by atoms with Gasteiger partial charge in [-0.25, -0.2) is 0 Å². The maximum absolute atomic E-state index is 9.32. The van der Waals surface area contributed by atoms with E-state index < -0.39 is 6.10 Å². The summed E-state index contributed by atoms with van der Waals surface area (Å²) in [6.45, 7) is 3.75. The van der Waals surface area contributed by atoms with Crippen molar-refractivity contribution >= 4 is 0 Å². The summed E-state index contributed by atoms with van der Waals surface area (Å²) in [7, 11) is 4.23. The smallest absolute Gasteiger partial charge is 0.0897 e. The molecule has 0 aromatic rings. The summed E-state index contributed by atoms with van der Waals surface area (Å²) < 4.78 is 0. The lowest BCUT2D eigenvalue weighted by atomic mass is 9.96. The monoisotopic (exact) mass is 216 g/mol. The molecule has 0 amide bonds. The van der Waals surface area contributed by atoms with Crippen molar-refractivity contribution in [2.24, 2.45) is 5.92 Å². The van der Waals surface area contributed by atoms with Crippen molar-refractivity contribution in [1.82, 2.24) is 9.80 Å². The van der Waals surface area contributed by atoms with Crippen LogP contribution in [0.1, 0.15) is 12.8 Å². The molecule has 2 N–H and O–H groups in total. The van der Waals surface area contributed by atoms with Crippen LogP contribution in [0.3, 0.4) is 0 Å². The molecule has 4 heteroatoms. The topological polar surface area (TPSA) is 46.9 Å². The van der Waals surface area contributed by atoms with Crippen molar-refractivity contribution < 1.29 is 10.2 Å². The van der Waals surface area contributed by atoms with Gasteiger partial charge in [-0.05, 0) is 45.9 Å². The Morgan fingerprint density at radius 3 is 2.40 bits per heavy atom. The van der Waals surface area contributed by atoms with E-state index in [0.29, 0.717) is 6.54 Å². The molecular weight excluding hydrogens is 192 g/mol. The fourth-order valence-electron chi connectivity index (χ4n) is 2.22. The average molecular weight is 216 g/mol. The highest BCUT2D eigenvalue weighted by molar-refractivity contribution is 4.75. The van der Waals surface area contributed by atoms with Crippen molar-refractivity contribution in [3.05, 3.63) is 0 Å². The normalized spacial score (nSPS) is 22.2. The number of hydrogen-bond donors (Lipinski definition) is 2. The zero-order valence-corrected chi connectivity index (χ0v) is 9.89. The maximum Gasteiger partial charge on any atom is 0.0897 e. The average Bonchev–Trinajstić information content (AvgIpc) is 2.20. The second-order valence-electron chi connectivity index (χ2n) is 4.84. The third-order valence-corrected chi connectivity index (χ3v) is 3.01. The summed E-state index contributed by atoms with van der Waals surface area (Å²) in [5.74, 6) is 0.794. The lowest BCUT2D eigenvalue weighted by Gasteiger charge is -2.33. The Morgan fingerprint density at radius 2 is 1.93 bits per heavy atom. The van der Waals surface area contributed by atoms with Crippen LogP contribution in [0, 0.1) is 5.92 Å². The molecule has 1 aliphatic rings. The highest BCUT2D eigenvalue weighted by Crippen LogP contribution is 2.17. The van der Waals surface area contributed by atoms with Crippen LogP contribution < -0.4 is 0 Å². The van der Waals surface area contributed by atoms with Gasteiger partial charge in [-0.1, -0.05) is 0 Å². The molecular formula is C11H24N2O2. The first-order chi connectivity index (χ1) is 7.11. The van der Waals surface area contributed by atoms with Crippen molar-refractivity contribution in [1.29, 1.82) is 0 Å². The number of piperidine rings is 1. The van der Waals surface area contributed by atoms with Gasteiger partial charge in [0.15, 0.2) is 0 Å². The summed E-state index contributed by atoms with van der Waals surface area (Å²) in [6, 6.07) is 0. The molecule has 1 unspecified atom stereocenters. The number of hydrogen-bond acceptors (Lipinski definition) is 4. The first kappa shape index (κ1) is 12.9. The van der Waals surface area contributed by atoms with E-state index >= 15 is 0 Å². The van der Waals surface area contributed by atoms with Crippen LogP contribution >= 0.6 is 0 Å². The van der Waals surface area contributed by atoms with E-state index in [1.165, 1.54) is 12.8 Å². The highest BCUT2D eigenvalue weighted by atomic mass is 16.3. The van der Waals surface area contributed by atoms with Crippen LogP contribution in [0.2, 0.25) is 0 Å². The fraction of sp³-hybridized carbons (Fsp3) is 1.00. The molecule has 1 atom stereocenters. The van der Waals surface area contributed by atoms with E-state index in [-0.39, 0.29) is 6.61 Å². The van der Waals surface area contributed by atoms with Crippen molar-refractivity contribution in [3.63, 3.8) is 0 Å². The van der Waals surface area contributed by atoms with Gasteiger partial charge >= 0.3 is 0 Å². The minimum Gasteiger partial charge on any atom is -0.394 e. The fourth-order valence-corrected chi connectivity index (χ4v) is 2.22. The molecule has 0 radical (unpaired) electrons. The van der Waals surface area contributed by atoms with Crippen LogP contribution in [0.5, 0.6) is 0 Å². The standard InChI is InChI=1S/C11H24N2O2/c1-12(2)7-10-3-5-13(6-4-10)8-11(15)9-14/h10-11,14-15H,3-9H2,1-2H3. The molecule has 0 spiro atoms. The molecule has 15 heavy (non-hydrogen) atoms. The summed E-state index contributed by atoms with van der Waals surface area (Å²) in [5.41, 5.74) is 0. The third kappa shape index (κ3) is 4.93. The molecule has 1 rings (SSSR count). The van der Waals surface area contributed by atoms with Gasteiger partial charge in [-0.3, -0.25) is 0 Å². The largest absolute Gasteiger partial charge is 0.394 e. The number of aliphatic hydroxyl groups excluding tert-OH is 2. The Morgan fingerprint density at radius 1 is 1.33 bits per heavy atom. The van der Waals surface area contributed by atoms with Crippen LogP contribution in [-0.4, -0.2) is 73.0 Å². The molecule has 1 fully saturated rings. The summed E-state index contributed by atoms with van der Waals surface area (Å²) in [5, 5.41) is 18.1. The molecule has 1 aliphatic heterocycles. The van der Waals surface area contributed by atoms with Crippen molar-refractivity contribution in [2.45, 2.75) is 18.9 Å². The molecule has 0 aromatic carbocycles. The van der Waals surface area contributed by atoms with Gasteiger partial charge in [-0.2, -0.15) is 0 Å². The molecule has 0 aromatic heterocycles. The lowest BCUT2D eigenvalue weighted by Crippen LogP contribution is -2.41. The van der Waals surface area contributed by atoms with Crippen LogP contribution in [-0.2, 0) is 0 Å². The van der Waals surface area contributed by atoms with E-state index in [1.807, 2.05) is 0 Å². The van der Waals surface area contributed by atoms with Crippen LogP contribution in [0.15, 0.2) is 0 Å². The third-order valence-electron chi connectivity index (χ3n) is 3.01. The van der Waals surface area contributed by atoms with Crippen LogP contribution in [0.4, 0.5) is 0 Å². The Labute approximate surface area is 92.5 Å². The Hall–Kier alpha value is -0.160. The predicted octanol–water partition coefficient (Wildman–Crippen LogP) is -0.387. The summed E-state index contributed by atoms with van der Waals surface area (Å²) in [4.78, 5) is 4.48. The minimum absolute atomic E-state index is 0.127. The molecule has 90 valence electrons. The number of rotatable bonds is 5. The molecule has 0 bridgehead atoms. The Balaban J connectivity index is 2.18. The molecule has 4 nitrogen and oxygen atoms in total. The SMILES string of the molecule is CN(C)CC1CCN(CC(O)CO)CC1.